The molecule has 0 unspecified atom stereocenters. The average Bonchev–Trinajstić information content (AvgIpc) is 0.722. The third-order valence-corrected chi connectivity index (χ3v) is 0. The minimum atomic E-state index is -5.39. The van der Waals surface area contributed by atoms with Gasteiger partial charge in [-0.05, 0) is 0 Å². The Kier molecular flexibility index (Phi) is 24.3. The minimum Gasteiger partial charge on any atom is -1.00 e. The summed E-state index contributed by atoms with van der Waals surface area (Å²) in [7, 11) is -5.39. The second kappa shape index (κ2) is 8.57. The van der Waals surface area contributed by atoms with Gasteiger partial charge in [0.1, 0.15) is 0 Å². The van der Waals surface area contributed by atoms with Crippen LogP contribution in [-0.4, -0.2) is 54.4 Å². The van der Waals surface area contributed by atoms with Crippen molar-refractivity contribution in [3.63, 3.8) is 0 Å². The van der Waals surface area contributed by atoms with Crippen molar-refractivity contribution in [3.8, 4) is 0 Å². The van der Waals surface area contributed by atoms with Crippen LogP contribution in [0.25, 0.3) is 0 Å². The molecule has 5 nitrogen and oxygen atoms in total. The van der Waals surface area contributed by atoms with Gasteiger partial charge in [-0.15, -0.1) is 0 Å². The van der Waals surface area contributed by atoms with Crippen LogP contribution in [0, 0.1) is 0 Å². The Morgan fingerprint density at radius 3 is 1.12 bits per heavy atom. The van der Waals surface area contributed by atoms with E-state index in [9.17, 15) is 0 Å². The van der Waals surface area contributed by atoms with Crippen molar-refractivity contribution in [1.82, 2.24) is 0 Å². The number of halogens is 1. The third-order valence-electron chi connectivity index (χ3n) is 0. The fourth-order valence-electron chi connectivity index (χ4n) is 0. The first-order valence-electron chi connectivity index (χ1n) is 0.730. The van der Waals surface area contributed by atoms with Gasteiger partial charge in [0.25, 0.3) is 0 Å². The Balaban J connectivity index is -0.0000000267. The molecular formula is HBaFO5P-3. The maximum absolute atomic E-state index is 8.55. The quantitative estimate of drug-likeness (QED) is 0.320. The molecule has 0 aliphatic carbocycles. The summed E-state index contributed by atoms with van der Waals surface area (Å²) in [6.45, 7) is 0. The van der Waals surface area contributed by atoms with Crippen LogP contribution in [0.2, 0.25) is 0 Å². The standard InChI is InChI=1S/Ba.FH.H3O4P.H2O/c;;1-5(2,3)4;/h;1H;(H3,1,2,3,4);1H2/q+2;;;/p-5. The Labute approximate surface area is 85.1 Å². The first-order chi connectivity index (χ1) is 2.00. The van der Waals surface area contributed by atoms with E-state index < -0.39 is 7.82 Å². The van der Waals surface area contributed by atoms with Crippen molar-refractivity contribution in [2.75, 3.05) is 0 Å². The molecule has 0 atom stereocenters. The molecule has 8 heavy (non-hydrogen) atoms. The number of rotatable bonds is 0. The molecule has 0 aromatic rings. The largest absolute Gasteiger partial charge is 2.00 e. The molecule has 0 bridgehead atoms. The van der Waals surface area contributed by atoms with Gasteiger partial charge >= 0.3 is 48.9 Å². The summed E-state index contributed by atoms with van der Waals surface area (Å²) in [6.07, 6.45) is 0. The van der Waals surface area contributed by atoms with Crippen LogP contribution in [0.3, 0.4) is 0 Å². The van der Waals surface area contributed by atoms with Crippen molar-refractivity contribution in [2.24, 2.45) is 0 Å². The molecular weight excluding hydrogens is 267 g/mol. The fourth-order valence-corrected chi connectivity index (χ4v) is 0. The summed E-state index contributed by atoms with van der Waals surface area (Å²) in [5.74, 6) is 0. The van der Waals surface area contributed by atoms with E-state index in [1.807, 2.05) is 0 Å². The van der Waals surface area contributed by atoms with Crippen LogP contribution >= 0.6 is 7.82 Å². The summed E-state index contributed by atoms with van der Waals surface area (Å²) < 4.78 is 8.55. The Morgan fingerprint density at radius 2 is 1.12 bits per heavy atom. The van der Waals surface area contributed by atoms with Crippen molar-refractivity contribution < 1.29 is 29.4 Å². The average molecular weight is 268 g/mol. The second-order valence-corrected chi connectivity index (χ2v) is 1.34. The van der Waals surface area contributed by atoms with Crippen LogP contribution in [0.4, 0.5) is 0 Å². The molecule has 0 saturated carbocycles. The Hall–Kier alpha value is 1.57. The maximum Gasteiger partial charge on any atom is 2.00 e. The predicted octanol–water partition coefficient (Wildman–Crippen LogP) is -6.38. The number of hydrogen-bond acceptors (Lipinski definition) is 5. The fraction of sp³-hybridized carbons (Fsp3) is 0. The Morgan fingerprint density at radius 1 is 1.12 bits per heavy atom. The maximum atomic E-state index is 8.55. The van der Waals surface area contributed by atoms with Gasteiger partial charge in [-0.25, -0.2) is 0 Å². The molecule has 0 aromatic heterocycles. The summed E-state index contributed by atoms with van der Waals surface area (Å²) in [5, 5.41) is 0. The van der Waals surface area contributed by atoms with Gasteiger partial charge in [0.05, 0.1) is 0 Å². The third kappa shape index (κ3) is 132. The predicted molar refractivity (Wildman–Crippen MR) is 15.3 cm³/mol. The van der Waals surface area contributed by atoms with E-state index in [4.69, 9.17) is 19.2 Å². The molecule has 0 aliphatic heterocycles. The molecule has 0 aromatic carbocycles. The molecule has 0 fully saturated rings. The van der Waals surface area contributed by atoms with E-state index in [1.54, 1.807) is 0 Å². The van der Waals surface area contributed by atoms with E-state index in [1.165, 1.54) is 0 Å². The zero-order valence-corrected chi connectivity index (χ0v) is 8.95. The molecule has 0 amide bonds. The molecule has 1 N–H and O–H groups in total. The molecule has 8 heteroatoms. The molecule has 0 saturated heterocycles. The van der Waals surface area contributed by atoms with E-state index in [0.29, 0.717) is 0 Å². The molecule has 0 radical (unpaired) electrons. The van der Waals surface area contributed by atoms with Crippen molar-refractivity contribution in [2.45, 2.75) is 0 Å². The van der Waals surface area contributed by atoms with Gasteiger partial charge < -0.3 is 29.4 Å². The van der Waals surface area contributed by atoms with Crippen molar-refractivity contribution in [3.05, 3.63) is 0 Å². The molecule has 48 valence electrons. The van der Waals surface area contributed by atoms with Crippen molar-refractivity contribution >= 4 is 56.7 Å². The summed E-state index contributed by atoms with van der Waals surface area (Å²) in [5.41, 5.74) is 0. The topological polar surface area (TPSA) is 116 Å². The van der Waals surface area contributed by atoms with Gasteiger partial charge in [-0.3, -0.25) is 0 Å². The van der Waals surface area contributed by atoms with Gasteiger partial charge in [0.2, 0.25) is 0 Å². The van der Waals surface area contributed by atoms with Crippen LogP contribution in [-0.2, 0) is 4.57 Å². The van der Waals surface area contributed by atoms with Crippen molar-refractivity contribution in [1.29, 1.82) is 0 Å². The smallest absolute Gasteiger partial charge is 1.00 e. The van der Waals surface area contributed by atoms with Gasteiger partial charge in [-0.2, -0.15) is 7.82 Å². The zero-order valence-electron chi connectivity index (χ0n) is 3.61. The van der Waals surface area contributed by atoms with E-state index >= 15 is 0 Å². The van der Waals surface area contributed by atoms with E-state index in [-0.39, 0.29) is 59.1 Å². The minimum absolute atomic E-state index is 0. The summed E-state index contributed by atoms with van der Waals surface area (Å²) >= 11 is 0. The van der Waals surface area contributed by atoms with Crippen LogP contribution in [0.5, 0.6) is 0 Å². The second-order valence-electron chi connectivity index (χ2n) is 0.447. The van der Waals surface area contributed by atoms with Gasteiger partial charge in [0, 0.05) is 0 Å². The zero-order chi connectivity index (χ0) is 4.50. The SMILES string of the molecule is O=P([O-])([O-])[O-].[Ba+2].[F-].[OH-]. The van der Waals surface area contributed by atoms with Gasteiger partial charge in [-0.1, -0.05) is 0 Å². The molecule has 0 rings (SSSR count). The van der Waals surface area contributed by atoms with Crippen LogP contribution in [0.1, 0.15) is 0 Å². The Bertz CT molecular complexity index is 58.6. The molecule has 0 aliphatic rings. The van der Waals surface area contributed by atoms with Crippen LogP contribution < -0.4 is 19.4 Å². The van der Waals surface area contributed by atoms with E-state index in [2.05, 4.69) is 0 Å². The first kappa shape index (κ1) is 22.7. The van der Waals surface area contributed by atoms with Gasteiger partial charge in [0.15, 0.2) is 0 Å². The van der Waals surface area contributed by atoms with E-state index in [0.717, 1.165) is 0 Å². The monoisotopic (exact) mass is 269 g/mol. The summed E-state index contributed by atoms with van der Waals surface area (Å²) in [6, 6.07) is 0. The summed E-state index contributed by atoms with van der Waals surface area (Å²) in [4.78, 5) is 25.6. The number of hydrogen-bond donors (Lipinski definition) is 0. The normalized spacial score (nSPS) is 7.38. The molecule has 0 spiro atoms. The molecule has 0 heterocycles. The number of phosphoric acid groups is 1. The first-order valence-corrected chi connectivity index (χ1v) is 2.19. The van der Waals surface area contributed by atoms with Crippen LogP contribution in [0.15, 0.2) is 0 Å².